The Bertz CT molecular complexity index is 1300. The first-order chi connectivity index (χ1) is 34.3. The van der Waals surface area contributed by atoms with Gasteiger partial charge in [-0.25, -0.2) is 0 Å². The molecule has 0 amide bonds. The summed E-state index contributed by atoms with van der Waals surface area (Å²) < 4.78 is 0. The fourth-order valence-corrected chi connectivity index (χ4v) is 12.9. The van der Waals surface area contributed by atoms with E-state index in [1.54, 1.807) is 0 Å². The van der Waals surface area contributed by atoms with Crippen LogP contribution in [0.4, 0.5) is 0 Å². The summed E-state index contributed by atoms with van der Waals surface area (Å²) in [6.07, 6.45) is 15.4. The van der Waals surface area contributed by atoms with Gasteiger partial charge in [0, 0.05) is 98.7 Å². The Kier molecular flexibility index (Phi) is 35.0. The second-order valence-corrected chi connectivity index (χ2v) is 29.1. The van der Waals surface area contributed by atoms with Crippen LogP contribution in [0.2, 0.25) is 0 Å². The van der Waals surface area contributed by atoms with E-state index in [1.165, 1.54) is 156 Å². The Labute approximate surface area is 468 Å². The van der Waals surface area contributed by atoms with Gasteiger partial charge >= 0.3 is 0 Å². The van der Waals surface area contributed by atoms with Crippen LogP contribution in [0.3, 0.4) is 0 Å². The molecule has 0 radical (unpaired) electrons. The van der Waals surface area contributed by atoms with Gasteiger partial charge in [0.2, 0.25) is 0 Å². The number of nitrogens with zero attached hydrogens (tertiary/aromatic N) is 8. The molecule has 0 saturated carbocycles. The Morgan fingerprint density at radius 3 is 0.878 bits per heavy atom. The van der Waals surface area contributed by atoms with Crippen LogP contribution in [0.15, 0.2) is 0 Å². The normalized spacial score (nSPS) is 28.9. The van der Waals surface area contributed by atoms with Crippen LogP contribution in [-0.4, -0.2) is 190 Å². The maximum Gasteiger partial charge on any atom is 0.0156 e. The van der Waals surface area contributed by atoms with E-state index >= 15 is 0 Å². The third-order valence-corrected chi connectivity index (χ3v) is 18.5. The molecule has 8 saturated heterocycles. The zero-order chi connectivity index (χ0) is 56.7. The van der Waals surface area contributed by atoms with Crippen molar-refractivity contribution in [2.45, 2.75) is 317 Å². The number of likely N-dealkylation sites (tertiary alicyclic amines) is 8. The summed E-state index contributed by atoms with van der Waals surface area (Å²) in [4.78, 5) is 20.5. The van der Waals surface area contributed by atoms with Crippen molar-refractivity contribution in [3.8, 4) is 0 Å². The first-order valence-corrected chi connectivity index (χ1v) is 32.3. The molecular formula is C66H140N8. The third kappa shape index (κ3) is 28.2. The molecule has 0 unspecified atom stereocenters. The smallest absolute Gasteiger partial charge is 0.0156 e. The van der Waals surface area contributed by atoms with Crippen molar-refractivity contribution in [1.29, 1.82) is 0 Å². The van der Waals surface area contributed by atoms with Crippen molar-refractivity contribution in [1.82, 2.24) is 39.2 Å². The lowest BCUT2D eigenvalue weighted by Crippen LogP contribution is -2.42. The van der Waals surface area contributed by atoms with Gasteiger partial charge in [-0.1, -0.05) is 41.5 Å². The monoisotopic (exact) mass is 1050 g/mol. The molecule has 8 heterocycles. The molecular weight excluding hydrogens is 905 g/mol. The van der Waals surface area contributed by atoms with Gasteiger partial charge in [-0.15, -0.1) is 0 Å². The van der Waals surface area contributed by atoms with E-state index in [4.69, 9.17) is 0 Å². The molecule has 0 aromatic rings. The maximum atomic E-state index is 2.59. The molecule has 6 atom stereocenters. The van der Waals surface area contributed by atoms with E-state index in [0.717, 1.165) is 84.1 Å². The predicted molar refractivity (Wildman–Crippen MR) is 333 cm³/mol. The van der Waals surface area contributed by atoms with Crippen LogP contribution in [0.25, 0.3) is 0 Å². The van der Waals surface area contributed by atoms with Gasteiger partial charge in [-0.2, -0.15) is 0 Å². The van der Waals surface area contributed by atoms with Crippen molar-refractivity contribution < 1.29 is 0 Å². The van der Waals surface area contributed by atoms with Crippen molar-refractivity contribution in [3.05, 3.63) is 0 Å². The molecule has 0 spiro atoms. The molecule has 8 heteroatoms. The van der Waals surface area contributed by atoms with E-state index in [1.807, 2.05) is 0 Å². The van der Waals surface area contributed by atoms with Gasteiger partial charge in [0.25, 0.3) is 0 Å². The first kappa shape index (κ1) is 71.7. The highest BCUT2D eigenvalue weighted by Gasteiger charge is 2.33. The van der Waals surface area contributed by atoms with Gasteiger partial charge in [0.05, 0.1) is 0 Å². The van der Waals surface area contributed by atoms with Crippen molar-refractivity contribution >= 4 is 0 Å². The molecule has 8 aliphatic rings. The quantitative estimate of drug-likeness (QED) is 0.237. The molecule has 0 bridgehead atoms. The van der Waals surface area contributed by atoms with Crippen molar-refractivity contribution in [2.24, 2.45) is 29.1 Å². The lowest BCUT2D eigenvalue weighted by Gasteiger charge is -2.34. The first-order valence-electron chi connectivity index (χ1n) is 32.3. The second-order valence-electron chi connectivity index (χ2n) is 29.1. The fourth-order valence-electron chi connectivity index (χ4n) is 12.9. The summed E-state index contributed by atoms with van der Waals surface area (Å²) >= 11 is 0. The summed E-state index contributed by atoms with van der Waals surface area (Å²) in [6, 6.07) is 7.68. The topological polar surface area (TPSA) is 25.9 Å². The Hall–Kier alpha value is -0.320. The average molecular weight is 1050 g/mol. The molecule has 0 N–H and O–H groups in total. The highest BCUT2D eigenvalue weighted by Crippen LogP contribution is 2.31. The summed E-state index contributed by atoms with van der Waals surface area (Å²) in [6.45, 7) is 76.9. The Balaban J connectivity index is 0.000000423. The van der Waals surface area contributed by atoms with E-state index in [9.17, 15) is 0 Å². The van der Waals surface area contributed by atoms with Crippen molar-refractivity contribution in [2.75, 3.05) is 85.1 Å². The molecule has 0 aromatic heterocycles. The van der Waals surface area contributed by atoms with Gasteiger partial charge in [0.15, 0.2) is 0 Å². The fraction of sp³-hybridized carbons (Fsp3) is 1.00. The minimum atomic E-state index is 0.466. The molecule has 0 aliphatic carbocycles. The van der Waals surface area contributed by atoms with Gasteiger partial charge in [0.1, 0.15) is 0 Å². The minimum Gasteiger partial charge on any atom is -0.301 e. The van der Waals surface area contributed by atoms with Gasteiger partial charge in [-0.3, -0.25) is 14.7 Å². The SMILES string of the molecule is CC(C)N1CCC(C)(C)C1.CC(C)N1CCCC1.CC(C)N1CCCC1(C)C.CC(C)N1CCC[C@@H]1C.CC(C)N1CCC[C@H]1C.CC(C)N1CC[C@@H](C)C1.CC(C)N1CC[C@H](C)C1.CC(C)N1C[C@H](C)[C@@H](C)C1. The van der Waals surface area contributed by atoms with Crippen LogP contribution in [0, 0.1) is 29.1 Å². The van der Waals surface area contributed by atoms with E-state index in [0.29, 0.717) is 11.0 Å². The summed E-state index contributed by atoms with van der Waals surface area (Å²) in [5.74, 6) is 3.68. The zero-order valence-corrected chi connectivity index (χ0v) is 55.6. The van der Waals surface area contributed by atoms with Crippen LogP contribution in [-0.2, 0) is 0 Å². The van der Waals surface area contributed by atoms with Crippen LogP contribution >= 0.6 is 0 Å². The summed E-state index contributed by atoms with van der Waals surface area (Å²) in [7, 11) is 0. The predicted octanol–water partition coefficient (Wildman–Crippen LogP) is 15.1. The molecule has 444 valence electrons. The highest BCUT2D eigenvalue weighted by atomic mass is 15.2. The molecule has 8 rings (SSSR count). The zero-order valence-electron chi connectivity index (χ0n) is 55.6. The number of rotatable bonds is 8. The van der Waals surface area contributed by atoms with Crippen LogP contribution < -0.4 is 0 Å². The van der Waals surface area contributed by atoms with Crippen LogP contribution in [0.5, 0.6) is 0 Å². The van der Waals surface area contributed by atoms with E-state index in [2.05, 4.69) is 219 Å². The molecule has 0 aromatic carbocycles. The lowest BCUT2D eigenvalue weighted by atomic mass is 9.93. The molecule has 8 fully saturated rings. The summed E-state index contributed by atoms with van der Waals surface area (Å²) in [5, 5.41) is 0. The average Bonchev–Trinajstić information content (AvgIpc) is 4.15. The summed E-state index contributed by atoms with van der Waals surface area (Å²) in [5.41, 5.74) is 1.04. The number of hydrogen-bond donors (Lipinski definition) is 0. The van der Waals surface area contributed by atoms with Gasteiger partial charge < -0.3 is 24.5 Å². The Morgan fingerprint density at radius 2 is 0.716 bits per heavy atom. The van der Waals surface area contributed by atoms with Crippen LogP contribution in [0.1, 0.15) is 251 Å². The van der Waals surface area contributed by atoms with E-state index < -0.39 is 0 Å². The lowest BCUT2D eigenvalue weighted by molar-refractivity contribution is 0.135. The third-order valence-electron chi connectivity index (χ3n) is 18.5. The van der Waals surface area contributed by atoms with Crippen molar-refractivity contribution in [3.63, 3.8) is 0 Å². The van der Waals surface area contributed by atoms with Gasteiger partial charge in [-0.05, 0) is 291 Å². The number of hydrogen-bond acceptors (Lipinski definition) is 8. The van der Waals surface area contributed by atoms with E-state index in [-0.39, 0.29) is 0 Å². The standard InChI is InChI=1S/3C9H19N.4C8H17N.C7H15N/c1-7(2)10-5-8(3)9(4)6-10;1-8(2)10-6-5-9(3,4)7-10;1-8(2)10-7-5-6-9(10,3)4;2*1-7(2)9-5-4-8(3)6-9;2*1-7(2)9-6-4-5-8(9)3;1-7(2)8-5-3-4-6-8/h7-9H,5-6H2,1-4H3;2*8H,5-7H2,1-4H3;4*7-8H,4-6H2,1-3H3;7H,3-6H2,1-2H3/t8-,9-;;;4*8-;/m0..1010./s1. The largest absolute Gasteiger partial charge is 0.301 e. The minimum absolute atomic E-state index is 0.466. The molecule has 8 aliphatic heterocycles. The Morgan fingerprint density at radius 1 is 0.324 bits per heavy atom. The highest BCUT2D eigenvalue weighted by molar-refractivity contribution is 4.89. The molecule has 8 nitrogen and oxygen atoms in total. The second kappa shape index (κ2) is 36.1. The molecule has 74 heavy (non-hydrogen) atoms. The maximum absolute atomic E-state index is 2.59.